The maximum atomic E-state index is 12.2. The Balaban J connectivity index is 2.10. The van der Waals surface area contributed by atoms with Crippen molar-refractivity contribution in [3.63, 3.8) is 0 Å². The first-order valence-corrected chi connectivity index (χ1v) is 10.2. The van der Waals surface area contributed by atoms with Gasteiger partial charge >= 0.3 is 12.1 Å². The Morgan fingerprint density at radius 3 is 2.17 bits per heavy atom. The van der Waals surface area contributed by atoms with Crippen molar-refractivity contribution in [1.29, 1.82) is 0 Å². The summed E-state index contributed by atoms with van der Waals surface area (Å²) in [5.74, 6) is -0.701. The number of hydrogen-bond donors (Lipinski definition) is 2. The first kappa shape index (κ1) is 23.4. The molecule has 0 aromatic heterocycles. The van der Waals surface area contributed by atoms with E-state index in [-0.39, 0.29) is 13.0 Å². The number of esters is 1. The van der Waals surface area contributed by atoms with Crippen molar-refractivity contribution < 1.29 is 24.2 Å². The number of ether oxygens (including phenoxy) is 2. The van der Waals surface area contributed by atoms with Gasteiger partial charge < -0.3 is 19.9 Å². The highest BCUT2D eigenvalue weighted by atomic mass is 16.6. The van der Waals surface area contributed by atoms with Crippen molar-refractivity contribution in [3.8, 4) is 11.1 Å². The Bertz CT molecular complexity index is 812. The zero-order valence-electron chi connectivity index (χ0n) is 18.1. The number of carbonyl (C=O) groups excluding carboxylic acids is 2. The highest BCUT2D eigenvalue weighted by Gasteiger charge is 2.25. The molecule has 6 heteroatoms. The fourth-order valence-corrected chi connectivity index (χ4v) is 3.02. The first-order valence-electron chi connectivity index (χ1n) is 10.2. The van der Waals surface area contributed by atoms with E-state index >= 15 is 0 Å². The van der Waals surface area contributed by atoms with Gasteiger partial charge in [-0.3, -0.25) is 0 Å². The molecular formula is C24H31NO5. The second kappa shape index (κ2) is 10.8. The van der Waals surface area contributed by atoms with E-state index in [4.69, 9.17) is 9.47 Å². The van der Waals surface area contributed by atoms with Crippen LogP contribution >= 0.6 is 0 Å². The van der Waals surface area contributed by atoms with Crippen LogP contribution in [0.3, 0.4) is 0 Å². The minimum atomic E-state index is -1.33. The van der Waals surface area contributed by atoms with Gasteiger partial charge in [0.05, 0.1) is 6.61 Å². The lowest BCUT2D eigenvalue weighted by atomic mass is 9.98. The number of nitrogens with one attached hydrogen (secondary N) is 1. The molecule has 2 N–H and O–H groups in total. The maximum Gasteiger partial charge on any atom is 0.407 e. The summed E-state index contributed by atoms with van der Waals surface area (Å²) in [6, 6.07) is 17.5. The van der Waals surface area contributed by atoms with Crippen molar-refractivity contribution in [1.82, 2.24) is 5.32 Å². The number of aliphatic hydroxyl groups excluding tert-OH is 1. The van der Waals surface area contributed by atoms with Crippen LogP contribution in [0.25, 0.3) is 11.1 Å². The molecule has 0 heterocycles. The Kier molecular flexibility index (Phi) is 8.42. The third-order valence-electron chi connectivity index (χ3n) is 4.33. The fraction of sp³-hybridized carbons (Fsp3) is 0.417. The predicted molar refractivity (Wildman–Crippen MR) is 116 cm³/mol. The second-order valence-electron chi connectivity index (χ2n) is 8.11. The lowest BCUT2D eigenvalue weighted by Crippen LogP contribution is -2.43. The van der Waals surface area contributed by atoms with Crippen LogP contribution in [0.2, 0.25) is 0 Å². The summed E-state index contributed by atoms with van der Waals surface area (Å²) in [6.07, 6.45) is -1.46. The van der Waals surface area contributed by atoms with Crippen LogP contribution in [-0.4, -0.2) is 41.5 Å². The number of alkyl carbamates (subject to hydrolysis) is 1. The lowest BCUT2D eigenvalue weighted by molar-refractivity contribution is -0.153. The average molecular weight is 414 g/mol. The zero-order valence-corrected chi connectivity index (χ0v) is 18.1. The van der Waals surface area contributed by atoms with Crippen LogP contribution in [0.4, 0.5) is 4.79 Å². The van der Waals surface area contributed by atoms with Crippen LogP contribution in [0.1, 0.15) is 39.7 Å². The smallest absolute Gasteiger partial charge is 0.407 e. The fourth-order valence-electron chi connectivity index (χ4n) is 3.02. The molecule has 0 saturated carbocycles. The molecule has 2 atom stereocenters. The summed E-state index contributed by atoms with van der Waals surface area (Å²) in [7, 11) is 0. The van der Waals surface area contributed by atoms with Gasteiger partial charge in [-0.2, -0.15) is 0 Å². The number of aliphatic hydroxyl groups is 1. The highest BCUT2D eigenvalue weighted by molar-refractivity contribution is 5.74. The number of benzene rings is 2. The molecular weight excluding hydrogens is 382 g/mol. The predicted octanol–water partition coefficient (Wildman–Crippen LogP) is 4.10. The van der Waals surface area contributed by atoms with E-state index in [2.05, 4.69) is 5.32 Å². The monoisotopic (exact) mass is 413 g/mol. The van der Waals surface area contributed by atoms with Gasteiger partial charge in [-0.1, -0.05) is 54.6 Å². The molecule has 2 aromatic rings. The second-order valence-corrected chi connectivity index (χ2v) is 8.11. The van der Waals surface area contributed by atoms with Crippen LogP contribution in [-0.2, 0) is 20.7 Å². The average Bonchev–Trinajstić information content (AvgIpc) is 2.68. The number of rotatable bonds is 8. The molecule has 0 aliphatic heterocycles. The van der Waals surface area contributed by atoms with Crippen molar-refractivity contribution in [2.45, 2.75) is 58.3 Å². The van der Waals surface area contributed by atoms with E-state index in [1.807, 2.05) is 54.6 Å². The van der Waals surface area contributed by atoms with Gasteiger partial charge in [0, 0.05) is 12.5 Å². The van der Waals surface area contributed by atoms with Crippen molar-refractivity contribution in [3.05, 3.63) is 60.2 Å². The zero-order chi connectivity index (χ0) is 22.1. The number of carbonyl (C=O) groups is 2. The van der Waals surface area contributed by atoms with Crippen LogP contribution in [0.15, 0.2) is 54.6 Å². The molecule has 0 saturated heterocycles. The summed E-state index contributed by atoms with van der Waals surface area (Å²) in [4.78, 5) is 24.1. The van der Waals surface area contributed by atoms with Crippen LogP contribution in [0.5, 0.6) is 0 Å². The van der Waals surface area contributed by atoms with Gasteiger partial charge in [0.2, 0.25) is 0 Å². The minimum absolute atomic E-state index is 0.0263. The summed E-state index contributed by atoms with van der Waals surface area (Å²) in [5, 5.41) is 12.9. The van der Waals surface area contributed by atoms with Gasteiger partial charge in [0.25, 0.3) is 0 Å². The van der Waals surface area contributed by atoms with E-state index in [0.717, 1.165) is 16.7 Å². The molecule has 1 amide bonds. The summed E-state index contributed by atoms with van der Waals surface area (Å²) < 4.78 is 10.2. The summed E-state index contributed by atoms with van der Waals surface area (Å²) >= 11 is 0. The van der Waals surface area contributed by atoms with Gasteiger partial charge in [-0.25, -0.2) is 9.59 Å². The first-order chi connectivity index (χ1) is 14.2. The third-order valence-corrected chi connectivity index (χ3v) is 4.33. The summed E-state index contributed by atoms with van der Waals surface area (Å²) in [6.45, 7) is 7.18. The van der Waals surface area contributed by atoms with Gasteiger partial charge in [-0.15, -0.1) is 0 Å². The molecule has 2 aromatic carbocycles. The molecule has 30 heavy (non-hydrogen) atoms. The molecule has 0 radical (unpaired) electrons. The van der Waals surface area contributed by atoms with E-state index < -0.39 is 29.8 Å². The molecule has 162 valence electrons. The summed E-state index contributed by atoms with van der Waals surface area (Å²) in [5.41, 5.74) is 2.52. The molecule has 0 aliphatic carbocycles. The molecule has 6 nitrogen and oxygen atoms in total. The maximum absolute atomic E-state index is 12.2. The van der Waals surface area contributed by atoms with E-state index in [9.17, 15) is 14.7 Å². The molecule has 0 bridgehead atoms. The van der Waals surface area contributed by atoms with Crippen molar-refractivity contribution in [2.75, 3.05) is 6.61 Å². The molecule has 0 aliphatic rings. The molecule has 2 rings (SSSR count). The van der Waals surface area contributed by atoms with Crippen LogP contribution < -0.4 is 5.32 Å². The van der Waals surface area contributed by atoms with E-state index in [1.165, 1.54) is 0 Å². The largest absolute Gasteiger partial charge is 0.464 e. The van der Waals surface area contributed by atoms with E-state index in [0.29, 0.717) is 6.42 Å². The topological polar surface area (TPSA) is 84.9 Å². The van der Waals surface area contributed by atoms with Crippen molar-refractivity contribution in [2.24, 2.45) is 0 Å². The quantitative estimate of drug-likeness (QED) is 0.637. The van der Waals surface area contributed by atoms with Crippen LogP contribution in [0, 0.1) is 0 Å². The number of amides is 1. The molecule has 0 unspecified atom stereocenters. The molecule has 0 fully saturated rings. The molecule has 0 spiro atoms. The Morgan fingerprint density at radius 2 is 1.60 bits per heavy atom. The van der Waals surface area contributed by atoms with Crippen molar-refractivity contribution >= 4 is 12.1 Å². The Labute approximate surface area is 178 Å². The SMILES string of the molecule is CCOC(=O)[C@H](O)C[C@H](Cc1ccc(-c2ccccc2)cc1)NC(=O)OC(C)(C)C. The minimum Gasteiger partial charge on any atom is -0.464 e. The van der Waals surface area contributed by atoms with Gasteiger partial charge in [0.1, 0.15) is 5.60 Å². The standard InChI is InChI=1S/C24H31NO5/c1-5-29-22(27)21(26)16-20(25-23(28)30-24(2,3)4)15-17-11-13-19(14-12-17)18-9-7-6-8-10-18/h6-14,20-21,26H,5,15-16H2,1-4H3,(H,25,28)/t20-,21+/m0/s1. The van der Waals surface area contributed by atoms with Gasteiger partial charge in [0.15, 0.2) is 6.10 Å². The normalized spacial score (nSPS) is 13.2. The van der Waals surface area contributed by atoms with E-state index in [1.54, 1.807) is 27.7 Å². The lowest BCUT2D eigenvalue weighted by Gasteiger charge is -2.25. The highest BCUT2D eigenvalue weighted by Crippen LogP contribution is 2.20. The van der Waals surface area contributed by atoms with Gasteiger partial charge in [-0.05, 0) is 50.8 Å². The Morgan fingerprint density at radius 1 is 1.00 bits per heavy atom. The third kappa shape index (κ3) is 7.87. The Hall–Kier alpha value is -2.86. The number of hydrogen-bond acceptors (Lipinski definition) is 5.